The van der Waals surface area contributed by atoms with Gasteiger partial charge in [-0.25, -0.2) is 0 Å². The summed E-state index contributed by atoms with van der Waals surface area (Å²) in [6.07, 6.45) is 3.34. The maximum atomic E-state index is 12.3. The van der Waals surface area contributed by atoms with Crippen LogP contribution in [0.25, 0.3) is 0 Å². The average Bonchev–Trinajstić information content (AvgIpc) is 2.82. The molecule has 4 heteroatoms. The highest BCUT2D eigenvalue weighted by atomic mass is 32.1. The number of methoxy groups -OCH3 is 1. The standard InChI is InChI=1S/C14H21NO2S/c1-11-6-10-18-13(11)14(16)15-7-3-12(4-8-15)5-9-17-2/h6,10,12H,3-5,7-9H2,1-2H3. The predicted molar refractivity (Wildman–Crippen MR) is 74.2 cm³/mol. The molecule has 0 aromatic carbocycles. The van der Waals surface area contributed by atoms with Crippen molar-refractivity contribution in [2.24, 2.45) is 5.92 Å². The third kappa shape index (κ3) is 3.12. The van der Waals surface area contributed by atoms with Crippen molar-refractivity contribution < 1.29 is 9.53 Å². The van der Waals surface area contributed by atoms with Crippen LogP contribution in [0, 0.1) is 12.8 Å². The first kappa shape index (κ1) is 13.6. The molecular weight excluding hydrogens is 246 g/mol. The summed E-state index contributed by atoms with van der Waals surface area (Å²) in [5.41, 5.74) is 1.10. The topological polar surface area (TPSA) is 29.5 Å². The van der Waals surface area contributed by atoms with E-state index in [-0.39, 0.29) is 5.91 Å². The van der Waals surface area contributed by atoms with Crippen LogP contribution < -0.4 is 0 Å². The maximum absolute atomic E-state index is 12.3. The molecule has 0 saturated carbocycles. The molecule has 1 aliphatic rings. The summed E-state index contributed by atoms with van der Waals surface area (Å²) < 4.78 is 5.11. The molecule has 18 heavy (non-hydrogen) atoms. The Morgan fingerprint density at radius 2 is 2.22 bits per heavy atom. The van der Waals surface area contributed by atoms with Crippen LogP contribution in [0.4, 0.5) is 0 Å². The lowest BCUT2D eigenvalue weighted by Gasteiger charge is -2.31. The zero-order chi connectivity index (χ0) is 13.0. The number of hydrogen-bond acceptors (Lipinski definition) is 3. The number of piperidine rings is 1. The second kappa shape index (κ2) is 6.34. The predicted octanol–water partition coefficient (Wildman–Crippen LogP) is 2.95. The lowest BCUT2D eigenvalue weighted by molar-refractivity contribution is 0.0674. The van der Waals surface area contributed by atoms with Gasteiger partial charge in [0.1, 0.15) is 0 Å². The molecule has 1 aliphatic heterocycles. The van der Waals surface area contributed by atoms with Crippen LogP contribution >= 0.6 is 11.3 Å². The lowest BCUT2D eigenvalue weighted by Crippen LogP contribution is -2.38. The maximum Gasteiger partial charge on any atom is 0.264 e. The molecule has 1 aromatic heterocycles. The second-order valence-electron chi connectivity index (χ2n) is 4.95. The number of ether oxygens (including phenoxy) is 1. The van der Waals surface area contributed by atoms with Crippen LogP contribution in [-0.4, -0.2) is 37.6 Å². The van der Waals surface area contributed by atoms with Crippen molar-refractivity contribution in [2.75, 3.05) is 26.8 Å². The van der Waals surface area contributed by atoms with E-state index in [0.29, 0.717) is 0 Å². The fourth-order valence-electron chi connectivity index (χ4n) is 2.44. The Morgan fingerprint density at radius 3 is 2.78 bits per heavy atom. The van der Waals surface area contributed by atoms with Crippen molar-refractivity contribution in [1.29, 1.82) is 0 Å². The molecule has 0 N–H and O–H groups in total. The molecule has 2 rings (SSSR count). The third-order valence-electron chi connectivity index (χ3n) is 3.69. The van der Waals surface area contributed by atoms with Gasteiger partial charge in [0, 0.05) is 26.8 Å². The molecule has 0 spiro atoms. The summed E-state index contributed by atoms with van der Waals surface area (Å²) in [5, 5.41) is 1.99. The summed E-state index contributed by atoms with van der Waals surface area (Å²) in [4.78, 5) is 15.2. The van der Waals surface area contributed by atoms with Crippen LogP contribution in [0.5, 0.6) is 0 Å². The van der Waals surface area contributed by atoms with Crippen LogP contribution in [0.1, 0.15) is 34.5 Å². The van der Waals surface area contributed by atoms with Crippen molar-refractivity contribution in [2.45, 2.75) is 26.2 Å². The number of carbonyl (C=O) groups excluding carboxylic acids is 1. The second-order valence-corrected chi connectivity index (χ2v) is 5.87. The highest BCUT2D eigenvalue weighted by molar-refractivity contribution is 7.12. The zero-order valence-electron chi connectivity index (χ0n) is 11.1. The van der Waals surface area contributed by atoms with Crippen LogP contribution in [0.2, 0.25) is 0 Å². The molecule has 1 saturated heterocycles. The van der Waals surface area contributed by atoms with E-state index in [0.717, 1.165) is 55.3 Å². The summed E-state index contributed by atoms with van der Waals surface area (Å²) in [7, 11) is 1.75. The molecular formula is C14H21NO2S. The largest absolute Gasteiger partial charge is 0.385 e. The Hall–Kier alpha value is -0.870. The van der Waals surface area contributed by atoms with E-state index in [1.807, 2.05) is 23.3 Å². The van der Waals surface area contributed by atoms with Crippen molar-refractivity contribution in [1.82, 2.24) is 4.90 Å². The minimum absolute atomic E-state index is 0.215. The minimum Gasteiger partial charge on any atom is -0.385 e. The smallest absolute Gasteiger partial charge is 0.264 e. The number of hydrogen-bond donors (Lipinski definition) is 0. The van der Waals surface area contributed by atoms with E-state index in [9.17, 15) is 4.79 Å². The Bertz CT molecular complexity index is 394. The van der Waals surface area contributed by atoms with Gasteiger partial charge in [0.25, 0.3) is 5.91 Å². The SMILES string of the molecule is COCCC1CCN(C(=O)c2sccc2C)CC1. The quantitative estimate of drug-likeness (QED) is 0.839. The number of thiophene rings is 1. The van der Waals surface area contributed by atoms with Gasteiger partial charge in [-0.1, -0.05) is 0 Å². The van der Waals surface area contributed by atoms with Gasteiger partial charge in [-0.05, 0) is 49.1 Å². The summed E-state index contributed by atoms with van der Waals surface area (Å²) in [5.74, 6) is 0.936. The molecule has 0 aliphatic carbocycles. The number of rotatable bonds is 4. The summed E-state index contributed by atoms with van der Waals surface area (Å²) >= 11 is 1.55. The van der Waals surface area contributed by atoms with Gasteiger partial charge < -0.3 is 9.64 Å². The molecule has 0 atom stereocenters. The van der Waals surface area contributed by atoms with Gasteiger partial charge in [-0.2, -0.15) is 0 Å². The van der Waals surface area contributed by atoms with Crippen LogP contribution in [0.3, 0.4) is 0 Å². The normalized spacial score (nSPS) is 17.1. The molecule has 1 fully saturated rings. The Morgan fingerprint density at radius 1 is 1.50 bits per heavy atom. The fraction of sp³-hybridized carbons (Fsp3) is 0.643. The van der Waals surface area contributed by atoms with Gasteiger partial charge in [0.05, 0.1) is 4.88 Å². The van der Waals surface area contributed by atoms with Crippen molar-refractivity contribution in [3.8, 4) is 0 Å². The molecule has 0 radical (unpaired) electrons. The summed E-state index contributed by atoms with van der Waals surface area (Å²) in [6.45, 7) is 4.63. The Kier molecular flexibility index (Phi) is 4.78. The van der Waals surface area contributed by atoms with Gasteiger partial charge in [0.2, 0.25) is 0 Å². The number of likely N-dealkylation sites (tertiary alicyclic amines) is 1. The first-order valence-corrected chi connectivity index (χ1v) is 7.42. The molecule has 1 aromatic rings. The van der Waals surface area contributed by atoms with Crippen molar-refractivity contribution >= 4 is 17.2 Å². The van der Waals surface area contributed by atoms with Gasteiger partial charge >= 0.3 is 0 Å². The number of amides is 1. The number of nitrogens with zero attached hydrogens (tertiary/aromatic N) is 1. The Labute approximate surface area is 113 Å². The van der Waals surface area contributed by atoms with Gasteiger partial charge in [-0.15, -0.1) is 11.3 Å². The molecule has 0 unspecified atom stereocenters. The fourth-order valence-corrected chi connectivity index (χ4v) is 3.34. The number of carbonyl (C=O) groups is 1. The van der Waals surface area contributed by atoms with Crippen LogP contribution in [-0.2, 0) is 4.74 Å². The molecule has 1 amide bonds. The highest BCUT2D eigenvalue weighted by Crippen LogP contribution is 2.24. The van der Waals surface area contributed by atoms with Gasteiger partial charge in [0.15, 0.2) is 0 Å². The van der Waals surface area contributed by atoms with E-state index < -0.39 is 0 Å². The van der Waals surface area contributed by atoms with E-state index in [1.54, 1.807) is 18.4 Å². The first-order valence-electron chi connectivity index (χ1n) is 6.54. The van der Waals surface area contributed by atoms with Gasteiger partial charge in [-0.3, -0.25) is 4.79 Å². The molecule has 3 nitrogen and oxygen atoms in total. The highest BCUT2D eigenvalue weighted by Gasteiger charge is 2.24. The molecule has 0 bridgehead atoms. The van der Waals surface area contributed by atoms with E-state index in [1.165, 1.54) is 0 Å². The Balaban J connectivity index is 1.86. The third-order valence-corrected chi connectivity index (χ3v) is 4.69. The summed E-state index contributed by atoms with van der Waals surface area (Å²) in [6, 6.07) is 2.02. The average molecular weight is 267 g/mol. The van der Waals surface area contributed by atoms with Crippen molar-refractivity contribution in [3.05, 3.63) is 21.9 Å². The molecule has 100 valence electrons. The van der Waals surface area contributed by atoms with Crippen molar-refractivity contribution in [3.63, 3.8) is 0 Å². The number of aryl methyl sites for hydroxylation is 1. The lowest BCUT2D eigenvalue weighted by atomic mass is 9.94. The monoisotopic (exact) mass is 267 g/mol. The van der Waals surface area contributed by atoms with Crippen LogP contribution in [0.15, 0.2) is 11.4 Å². The van der Waals surface area contributed by atoms with E-state index in [2.05, 4.69) is 0 Å². The molecule has 2 heterocycles. The minimum atomic E-state index is 0.215. The zero-order valence-corrected chi connectivity index (χ0v) is 12.0. The van der Waals surface area contributed by atoms with E-state index in [4.69, 9.17) is 4.74 Å². The first-order chi connectivity index (χ1) is 8.72. The van der Waals surface area contributed by atoms with E-state index >= 15 is 0 Å².